The van der Waals surface area contributed by atoms with E-state index in [2.05, 4.69) is 34.5 Å². The normalized spacial score (nSPS) is 12.3. The van der Waals surface area contributed by atoms with Crippen molar-refractivity contribution in [3.05, 3.63) is 42.0 Å². The van der Waals surface area contributed by atoms with E-state index in [0.717, 1.165) is 37.5 Å². The van der Waals surface area contributed by atoms with Crippen molar-refractivity contribution in [1.29, 1.82) is 0 Å². The summed E-state index contributed by atoms with van der Waals surface area (Å²) in [5.41, 5.74) is 1.29. The Bertz CT molecular complexity index is 553. The molecule has 0 bridgehead atoms. The highest BCUT2D eigenvalue weighted by molar-refractivity contribution is 5.28. The molecule has 5 heteroatoms. The van der Waals surface area contributed by atoms with Gasteiger partial charge in [-0.25, -0.2) is 4.98 Å². The predicted octanol–water partition coefficient (Wildman–Crippen LogP) is 1.93. The van der Waals surface area contributed by atoms with Crippen molar-refractivity contribution in [2.75, 3.05) is 20.7 Å². The second kappa shape index (κ2) is 7.78. The zero-order valence-electron chi connectivity index (χ0n) is 13.0. The fourth-order valence-electron chi connectivity index (χ4n) is 2.61. The summed E-state index contributed by atoms with van der Waals surface area (Å²) in [4.78, 5) is 4.38. The van der Waals surface area contributed by atoms with Gasteiger partial charge in [-0.2, -0.15) is 5.10 Å². The number of hydrogen-bond acceptors (Lipinski definition) is 4. The monoisotopic (exact) mass is 288 g/mol. The molecule has 0 spiro atoms. The molecule has 114 valence electrons. The van der Waals surface area contributed by atoms with E-state index < -0.39 is 0 Å². The van der Waals surface area contributed by atoms with E-state index in [4.69, 9.17) is 4.74 Å². The van der Waals surface area contributed by atoms with Gasteiger partial charge in [0.2, 0.25) is 0 Å². The van der Waals surface area contributed by atoms with Crippen LogP contribution in [0.5, 0.6) is 5.75 Å². The van der Waals surface area contributed by atoms with E-state index >= 15 is 0 Å². The third kappa shape index (κ3) is 4.29. The number of nitrogens with one attached hydrogen (secondary N) is 1. The van der Waals surface area contributed by atoms with Gasteiger partial charge < -0.3 is 10.1 Å². The van der Waals surface area contributed by atoms with Gasteiger partial charge in [-0.15, -0.1) is 0 Å². The molecule has 1 unspecified atom stereocenters. The van der Waals surface area contributed by atoms with Gasteiger partial charge in [0, 0.05) is 13.0 Å². The van der Waals surface area contributed by atoms with E-state index in [1.165, 1.54) is 5.56 Å². The van der Waals surface area contributed by atoms with Crippen LogP contribution in [0.15, 0.2) is 30.6 Å². The first-order valence-electron chi connectivity index (χ1n) is 7.41. The van der Waals surface area contributed by atoms with Crippen LogP contribution in [0.4, 0.5) is 0 Å². The Morgan fingerprint density at radius 1 is 1.33 bits per heavy atom. The molecule has 1 heterocycles. The maximum atomic E-state index is 5.30. The fraction of sp³-hybridized carbons (Fsp3) is 0.500. The molecule has 1 N–H and O–H groups in total. The van der Waals surface area contributed by atoms with Crippen LogP contribution in [0.1, 0.15) is 18.3 Å². The average molecular weight is 288 g/mol. The summed E-state index contributed by atoms with van der Waals surface area (Å²) >= 11 is 0. The lowest BCUT2D eigenvalue weighted by molar-refractivity contribution is 0.413. The predicted molar refractivity (Wildman–Crippen MR) is 83.5 cm³/mol. The van der Waals surface area contributed by atoms with Crippen LogP contribution in [0.3, 0.4) is 0 Å². The van der Waals surface area contributed by atoms with Gasteiger partial charge in [0.1, 0.15) is 17.9 Å². The molecule has 0 aliphatic heterocycles. The number of benzene rings is 1. The quantitative estimate of drug-likeness (QED) is 0.806. The first-order valence-corrected chi connectivity index (χ1v) is 7.41. The smallest absolute Gasteiger partial charge is 0.138 e. The van der Waals surface area contributed by atoms with Gasteiger partial charge in [0.05, 0.1) is 7.11 Å². The maximum Gasteiger partial charge on any atom is 0.138 e. The molecule has 1 atom stereocenters. The standard InChI is InChI=1S/C16H24N4O/c1-4-20-16(18-12-19-20)10-14(11-17-2)8-13-6-5-7-15(9-13)21-3/h5-7,9,12,14,17H,4,8,10-11H2,1-3H3. The van der Waals surface area contributed by atoms with Crippen molar-refractivity contribution in [2.24, 2.45) is 5.92 Å². The lowest BCUT2D eigenvalue weighted by Crippen LogP contribution is -2.24. The summed E-state index contributed by atoms with van der Waals surface area (Å²) in [6, 6.07) is 8.27. The SMILES string of the molecule is CCn1ncnc1CC(CNC)Cc1cccc(OC)c1. The molecule has 2 aromatic rings. The van der Waals surface area contributed by atoms with E-state index in [9.17, 15) is 0 Å². The topological polar surface area (TPSA) is 52.0 Å². The largest absolute Gasteiger partial charge is 0.497 e. The highest BCUT2D eigenvalue weighted by atomic mass is 16.5. The summed E-state index contributed by atoms with van der Waals surface area (Å²) in [5.74, 6) is 2.45. The lowest BCUT2D eigenvalue weighted by Gasteiger charge is -2.17. The van der Waals surface area contributed by atoms with Crippen LogP contribution in [-0.2, 0) is 19.4 Å². The summed E-state index contributed by atoms with van der Waals surface area (Å²) < 4.78 is 7.26. The second-order valence-electron chi connectivity index (χ2n) is 5.18. The van der Waals surface area contributed by atoms with Crippen LogP contribution in [0.25, 0.3) is 0 Å². The number of ether oxygens (including phenoxy) is 1. The molecule has 0 fully saturated rings. The van der Waals surface area contributed by atoms with Gasteiger partial charge in [0.25, 0.3) is 0 Å². The Balaban J connectivity index is 2.07. The Morgan fingerprint density at radius 3 is 2.90 bits per heavy atom. The van der Waals surface area contributed by atoms with Gasteiger partial charge in [0.15, 0.2) is 0 Å². The summed E-state index contributed by atoms with van der Waals surface area (Å²) in [7, 11) is 3.69. The maximum absolute atomic E-state index is 5.30. The van der Waals surface area contributed by atoms with E-state index in [1.807, 2.05) is 23.9 Å². The number of rotatable bonds is 8. The molecule has 1 aromatic carbocycles. The minimum absolute atomic E-state index is 0.483. The van der Waals surface area contributed by atoms with Gasteiger partial charge in [-0.1, -0.05) is 12.1 Å². The highest BCUT2D eigenvalue weighted by Crippen LogP contribution is 2.18. The van der Waals surface area contributed by atoms with Crippen LogP contribution >= 0.6 is 0 Å². The Hall–Kier alpha value is -1.88. The summed E-state index contributed by atoms with van der Waals surface area (Å²) in [6.07, 6.45) is 3.56. The third-order valence-corrected chi connectivity index (χ3v) is 3.62. The van der Waals surface area contributed by atoms with Crippen molar-refractivity contribution < 1.29 is 4.74 Å². The Kier molecular flexibility index (Phi) is 5.75. The summed E-state index contributed by atoms with van der Waals surface area (Å²) in [6.45, 7) is 3.90. The van der Waals surface area contributed by atoms with Gasteiger partial charge >= 0.3 is 0 Å². The molecule has 0 amide bonds. The van der Waals surface area contributed by atoms with Gasteiger partial charge in [-0.3, -0.25) is 4.68 Å². The molecule has 1 aromatic heterocycles. The Labute approximate surface area is 126 Å². The highest BCUT2D eigenvalue weighted by Gasteiger charge is 2.14. The molecule has 0 radical (unpaired) electrons. The molecular formula is C16H24N4O. The molecular weight excluding hydrogens is 264 g/mol. The van der Waals surface area contributed by atoms with Gasteiger partial charge in [-0.05, 0) is 50.6 Å². The molecule has 0 saturated carbocycles. The Morgan fingerprint density at radius 2 is 2.19 bits per heavy atom. The number of aromatic nitrogens is 3. The minimum atomic E-state index is 0.483. The second-order valence-corrected chi connectivity index (χ2v) is 5.18. The van der Waals surface area contributed by atoms with Crippen molar-refractivity contribution >= 4 is 0 Å². The lowest BCUT2D eigenvalue weighted by atomic mass is 9.95. The van der Waals surface area contributed by atoms with Crippen LogP contribution in [0, 0.1) is 5.92 Å². The number of nitrogens with zero attached hydrogens (tertiary/aromatic N) is 3. The average Bonchev–Trinajstić information content (AvgIpc) is 2.95. The molecule has 5 nitrogen and oxygen atoms in total. The molecule has 21 heavy (non-hydrogen) atoms. The molecule has 0 saturated heterocycles. The summed E-state index contributed by atoms with van der Waals surface area (Å²) in [5, 5.41) is 7.53. The number of aryl methyl sites for hydroxylation is 1. The van der Waals surface area contributed by atoms with E-state index in [1.54, 1.807) is 13.4 Å². The zero-order chi connectivity index (χ0) is 15.1. The first-order chi connectivity index (χ1) is 10.3. The minimum Gasteiger partial charge on any atom is -0.497 e. The number of hydrogen-bond donors (Lipinski definition) is 1. The number of methoxy groups -OCH3 is 1. The third-order valence-electron chi connectivity index (χ3n) is 3.62. The van der Waals surface area contributed by atoms with Crippen LogP contribution < -0.4 is 10.1 Å². The van der Waals surface area contributed by atoms with Crippen molar-refractivity contribution in [3.63, 3.8) is 0 Å². The van der Waals surface area contributed by atoms with Crippen LogP contribution in [0.2, 0.25) is 0 Å². The zero-order valence-corrected chi connectivity index (χ0v) is 13.0. The molecule has 0 aliphatic carbocycles. The van der Waals surface area contributed by atoms with E-state index in [0.29, 0.717) is 5.92 Å². The van der Waals surface area contributed by atoms with Crippen molar-refractivity contribution in [3.8, 4) is 5.75 Å². The van der Waals surface area contributed by atoms with Crippen molar-refractivity contribution in [1.82, 2.24) is 20.1 Å². The van der Waals surface area contributed by atoms with Crippen LogP contribution in [-0.4, -0.2) is 35.5 Å². The van der Waals surface area contributed by atoms with E-state index in [-0.39, 0.29) is 0 Å². The first kappa shape index (κ1) is 15.5. The molecule has 2 rings (SSSR count). The fourth-order valence-corrected chi connectivity index (χ4v) is 2.61. The van der Waals surface area contributed by atoms with Crippen molar-refractivity contribution in [2.45, 2.75) is 26.3 Å². The molecule has 0 aliphatic rings.